The van der Waals surface area contributed by atoms with Crippen LogP contribution in [0.3, 0.4) is 0 Å². The average molecular weight is 429 g/mol. The summed E-state index contributed by atoms with van der Waals surface area (Å²) in [6, 6.07) is 27.6. The molecule has 0 amide bonds. The van der Waals surface area contributed by atoms with Crippen LogP contribution in [-0.4, -0.2) is 25.8 Å². The molecule has 3 aromatic rings. The van der Waals surface area contributed by atoms with Crippen LogP contribution in [0, 0.1) is 12.1 Å². The van der Waals surface area contributed by atoms with Crippen LogP contribution in [-0.2, 0) is 20.3 Å². The smallest absolute Gasteiger partial charge is 0.224 e. The Hall–Kier alpha value is -3.00. The first-order chi connectivity index (χ1) is 15.3. The predicted octanol–water partition coefficient (Wildman–Crippen LogP) is 5.41. The molecule has 2 aliphatic rings. The second-order valence-electron chi connectivity index (χ2n) is 9.47. The summed E-state index contributed by atoms with van der Waals surface area (Å²) in [6.07, 6.45) is -0.194. The van der Waals surface area contributed by atoms with Crippen molar-refractivity contribution in [3.63, 3.8) is 0 Å². The van der Waals surface area contributed by atoms with Crippen LogP contribution in [0.4, 0.5) is 0 Å². The lowest BCUT2D eigenvalue weighted by Crippen LogP contribution is -2.21. The summed E-state index contributed by atoms with van der Waals surface area (Å²) in [4.78, 5) is 0. The highest BCUT2D eigenvalue weighted by atomic mass is 16.8. The summed E-state index contributed by atoms with van der Waals surface area (Å²) >= 11 is 0. The van der Waals surface area contributed by atoms with E-state index in [0.29, 0.717) is 19.0 Å². The Morgan fingerprint density at radius 2 is 1.16 bits per heavy atom. The summed E-state index contributed by atoms with van der Waals surface area (Å²) in [6.45, 7) is 10.2. The van der Waals surface area contributed by atoms with E-state index in [2.05, 4.69) is 82.3 Å². The van der Waals surface area contributed by atoms with Gasteiger partial charge in [-0.25, -0.2) is 0 Å². The van der Waals surface area contributed by atoms with Crippen LogP contribution in [0.25, 0.3) is 0 Å². The van der Waals surface area contributed by atoms with Crippen LogP contribution < -0.4 is 9.47 Å². The molecule has 0 N–H and O–H groups in total. The van der Waals surface area contributed by atoms with Crippen molar-refractivity contribution >= 4 is 0 Å². The molecule has 5 rings (SSSR count). The number of rotatable bonds is 8. The van der Waals surface area contributed by atoms with E-state index in [4.69, 9.17) is 18.9 Å². The molecule has 2 aliphatic heterocycles. The van der Waals surface area contributed by atoms with Crippen molar-refractivity contribution in [2.75, 3.05) is 13.2 Å². The average Bonchev–Trinajstić information content (AvgIpc) is 3.72. The highest BCUT2D eigenvalue weighted by Crippen LogP contribution is 2.36. The summed E-state index contributed by atoms with van der Waals surface area (Å²) in [7, 11) is 0. The maximum Gasteiger partial charge on any atom is 0.224 e. The molecule has 32 heavy (non-hydrogen) atoms. The van der Waals surface area contributed by atoms with Gasteiger partial charge in [0.1, 0.15) is 19.0 Å². The molecule has 0 aliphatic carbocycles. The lowest BCUT2D eigenvalue weighted by Gasteiger charge is -2.29. The number of hydrogen-bond acceptors (Lipinski definition) is 4. The topological polar surface area (TPSA) is 43.5 Å². The van der Waals surface area contributed by atoms with Gasteiger partial charge in [-0.3, -0.25) is 0 Å². The van der Waals surface area contributed by atoms with E-state index in [1.165, 1.54) is 16.7 Å². The van der Waals surface area contributed by atoms with E-state index < -0.39 is 0 Å². The molecule has 4 nitrogen and oxygen atoms in total. The van der Waals surface area contributed by atoms with Crippen LogP contribution in [0.2, 0.25) is 0 Å². The minimum atomic E-state index is -0.197. The summed E-state index contributed by atoms with van der Waals surface area (Å²) in [5.41, 5.74) is 4.49. The molecule has 4 heteroatoms. The highest BCUT2D eigenvalue weighted by Gasteiger charge is 2.28. The van der Waals surface area contributed by atoms with Crippen molar-refractivity contribution in [2.45, 2.75) is 51.1 Å². The Morgan fingerprint density at radius 3 is 1.66 bits per heavy atom. The van der Waals surface area contributed by atoms with Crippen molar-refractivity contribution in [1.82, 2.24) is 0 Å². The third-order valence-electron chi connectivity index (χ3n) is 6.43. The quantitative estimate of drug-likeness (QED) is 0.450. The molecule has 0 bridgehead atoms. The maximum absolute atomic E-state index is 5.68. The van der Waals surface area contributed by atoms with Gasteiger partial charge in [-0.2, -0.15) is 0 Å². The Labute approximate surface area is 190 Å². The van der Waals surface area contributed by atoms with Crippen LogP contribution in [0.15, 0.2) is 60.7 Å². The van der Waals surface area contributed by atoms with Gasteiger partial charge in [0.05, 0.1) is 0 Å². The number of benzene rings is 2. The number of hydrogen-bond donors (Lipinski definition) is 0. The molecule has 0 aromatic heterocycles. The maximum atomic E-state index is 5.68. The van der Waals surface area contributed by atoms with E-state index >= 15 is 0 Å². The molecule has 3 aromatic carbocycles. The van der Waals surface area contributed by atoms with E-state index in [0.717, 1.165) is 11.3 Å². The van der Waals surface area contributed by atoms with Gasteiger partial charge in [0.2, 0.25) is 12.6 Å². The molecular formula is C28H28O4. The lowest BCUT2D eigenvalue weighted by molar-refractivity contribution is 0.179. The van der Waals surface area contributed by atoms with Crippen molar-refractivity contribution in [3.05, 3.63) is 95.1 Å². The molecule has 2 fully saturated rings. The van der Waals surface area contributed by atoms with Crippen molar-refractivity contribution in [3.8, 4) is 11.5 Å². The Morgan fingerprint density at radius 1 is 0.656 bits per heavy atom. The Bertz CT molecular complexity index is 969. The standard InChI is InChI=1S/C28H28O4/c1-27(2,21-9-13-23(14-10-21)31-25-17-29-25)19-5-7-20(8-6-19)28(3,4)22-11-15-24(16-12-22)32-26-18-30-26/h5-11,13-15,25-26H,17-18H2,1-4H3. The van der Waals surface area contributed by atoms with E-state index in [9.17, 15) is 0 Å². The normalized spacial score (nSPS) is 19.8. The van der Waals surface area contributed by atoms with Gasteiger partial charge >= 0.3 is 0 Å². The van der Waals surface area contributed by atoms with Crippen LogP contribution in [0.5, 0.6) is 11.5 Å². The fourth-order valence-electron chi connectivity index (χ4n) is 3.89. The van der Waals surface area contributed by atoms with Gasteiger partial charge in [0, 0.05) is 16.4 Å². The molecule has 2 saturated heterocycles. The summed E-state index contributed by atoms with van der Waals surface area (Å²) in [5.74, 6) is 1.52. The zero-order valence-corrected chi connectivity index (χ0v) is 19.0. The minimum absolute atomic E-state index is 0.0736. The minimum Gasteiger partial charge on any atom is -0.462 e. The SMILES string of the molecule is CC(C)(c1c#cc(OC2CO2)cc1)c1ccc(C(C)(C)c2ccc(OC3CO3)cc2)cc1. The molecule has 164 valence electrons. The largest absolute Gasteiger partial charge is 0.462 e. The molecular weight excluding hydrogens is 400 g/mol. The fraction of sp³-hybridized carbons (Fsp3) is 0.357. The fourth-order valence-corrected chi connectivity index (χ4v) is 3.89. The van der Waals surface area contributed by atoms with Crippen molar-refractivity contribution < 1.29 is 18.9 Å². The molecule has 2 heterocycles. The van der Waals surface area contributed by atoms with Gasteiger partial charge in [-0.15, -0.1) is 0 Å². The van der Waals surface area contributed by atoms with E-state index in [1.807, 2.05) is 18.2 Å². The van der Waals surface area contributed by atoms with Crippen molar-refractivity contribution in [1.29, 1.82) is 0 Å². The third-order valence-corrected chi connectivity index (χ3v) is 6.43. The van der Waals surface area contributed by atoms with Gasteiger partial charge in [0.15, 0.2) is 5.75 Å². The number of epoxide rings is 2. The first kappa shape index (κ1) is 20.9. The summed E-state index contributed by atoms with van der Waals surface area (Å²) in [5, 5.41) is 0. The third kappa shape index (κ3) is 4.32. The highest BCUT2D eigenvalue weighted by molar-refractivity contribution is 5.44. The van der Waals surface area contributed by atoms with Gasteiger partial charge in [-0.1, -0.05) is 70.2 Å². The van der Waals surface area contributed by atoms with Crippen LogP contribution in [0.1, 0.15) is 49.9 Å². The zero-order valence-electron chi connectivity index (χ0n) is 19.0. The van der Waals surface area contributed by atoms with Gasteiger partial charge in [-0.05, 0) is 47.0 Å². The predicted molar refractivity (Wildman–Crippen MR) is 122 cm³/mol. The number of ether oxygens (including phenoxy) is 4. The summed E-state index contributed by atoms with van der Waals surface area (Å²) < 4.78 is 21.5. The van der Waals surface area contributed by atoms with Gasteiger partial charge in [0.25, 0.3) is 0 Å². The molecule has 0 radical (unpaired) electrons. The van der Waals surface area contributed by atoms with E-state index in [-0.39, 0.29) is 23.4 Å². The lowest BCUT2D eigenvalue weighted by atomic mass is 9.75. The molecule has 0 saturated carbocycles. The van der Waals surface area contributed by atoms with E-state index in [1.54, 1.807) is 0 Å². The first-order valence-electron chi connectivity index (χ1n) is 11.0. The first-order valence-corrected chi connectivity index (χ1v) is 11.0. The second-order valence-corrected chi connectivity index (χ2v) is 9.47. The second kappa shape index (κ2) is 7.85. The Kier molecular flexibility index (Phi) is 5.12. The van der Waals surface area contributed by atoms with Gasteiger partial charge < -0.3 is 18.9 Å². The monoisotopic (exact) mass is 428 g/mol. The van der Waals surface area contributed by atoms with Crippen molar-refractivity contribution in [2.24, 2.45) is 0 Å². The Balaban J connectivity index is 1.32. The molecule has 0 spiro atoms. The molecule has 2 unspecified atom stereocenters. The zero-order chi connectivity index (χ0) is 22.3. The molecule has 2 atom stereocenters. The van der Waals surface area contributed by atoms with Crippen LogP contribution >= 0.6 is 0 Å².